The van der Waals surface area contributed by atoms with E-state index in [1.54, 1.807) is 53.4 Å². The van der Waals surface area contributed by atoms with Gasteiger partial charge < -0.3 is 54.0 Å². The van der Waals surface area contributed by atoms with Crippen molar-refractivity contribution in [3.63, 3.8) is 0 Å². The fraction of sp³-hybridized carbons (Fsp3) is 0.414. The van der Waals surface area contributed by atoms with Gasteiger partial charge in [-0.15, -0.1) is 11.3 Å². The highest BCUT2D eigenvalue weighted by Crippen LogP contribution is 2.43. The van der Waals surface area contributed by atoms with Gasteiger partial charge in [0.25, 0.3) is 5.88 Å². The molecule has 422 valence electrons. The Morgan fingerprint density at radius 2 is 1.73 bits per heavy atom. The first-order valence-corrected chi connectivity index (χ1v) is 28.0. The van der Waals surface area contributed by atoms with Gasteiger partial charge in [0.05, 0.1) is 40.4 Å². The highest BCUT2D eigenvalue weighted by atomic mass is 35.5. The Morgan fingerprint density at radius 3 is 2.44 bits per heavy atom. The zero-order valence-electron chi connectivity index (χ0n) is 45.7. The SMILES string of the molecule is CC(=O)N1CCN(c2nc(N(CCOCCCOc3cc([C@H](C(=O)N4C[C@H](O)C[C@H]4C(=O)NCc4ccc(-c5scnc5C)cc4)C(C)C)on3)CCC(=O)N(C)C)nc3c(F)c(-c4cc(O)cc5ccccc45)c(Cl)cc23)CC1. The van der Waals surface area contributed by atoms with Crippen molar-refractivity contribution in [1.29, 1.82) is 0 Å². The molecule has 9 rings (SSSR count). The van der Waals surface area contributed by atoms with Gasteiger partial charge in [-0.25, -0.2) is 14.4 Å². The molecule has 2 fully saturated rings. The normalized spacial score (nSPS) is 15.9. The molecular weight excluding hydrogens is 1070 g/mol. The third kappa shape index (κ3) is 12.9. The number of aryl methyl sites for hydroxylation is 1. The van der Waals surface area contributed by atoms with Gasteiger partial charge in [-0.05, 0) is 63.7 Å². The number of fused-ring (bicyclic) bond motifs is 2. The lowest BCUT2D eigenvalue weighted by Crippen LogP contribution is -2.48. The molecule has 3 atom stereocenters. The van der Waals surface area contributed by atoms with E-state index in [1.165, 1.54) is 22.8 Å². The summed E-state index contributed by atoms with van der Waals surface area (Å²) in [6.07, 6.45) is -0.236. The van der Waals surface area contributed by atoms with Crippen LogP contribution in [0.2, 0.25) is 5.02 Å². The van der Waals surface area contributed by atoms with Crippen LogP contribution in [0.3, 0.4) is 0 Å². The fourth-order valence-corrected chi connectivity index (χ4v) is 11.4. The van der Waals surface area contributed by atoms with Crippen LogP contribution in [-0.2, 0) is 30.5 Å². The van der Waals surface area contributed by atoms with E-state index in [2.05, 4.69) is 15.5 Å². The van der Waals surface area contributed by atoms with Crippen LogP contribution in [0, 0.1) is 18.7 Å². The van der Waals surface area contributed by atoms with Crippen molar-refractivity contribution in [2.75, 3.05) is 89.5 Å². The smallest absolute Gasteiger partial charge is 0.254 e. The van der Waals surface area contributed by atoms with Gasteiger partial charge in [0.2, 0.25) is 29.6 Å². The van der Waals surface area contributed by atoms with Crippen molar-refractivity contribution >= 4 is 80.0 Å². The van der Waals surface area contributed by atoms with Crippen molar-refractivity contribution < 1.29 is 47.8 Å². The molecule has 4 aromatic carbocycles. The quantitative estimate of drug-likeness (QED) is 0.0584. The molecule has 7 aromatic rings. The van der Waals surface area contributed by atoms with Gasteiger partial charge in [0.15, 0.2) is 11.6 Å². The number of halogens is 2. The van der Waals surface area contributed by atoms with Crippen LogP contribution in [0.25, 0.3) is 43.2 Å². The first kappa shape index (κ1) is 57.2. The maximum Gasteiger partial charge on any atom is 0.254 e. The molecule has 4 amide bonds. The number of anilines is 2. The number of nitrogens with zero attached hydrogens (tertiary/aromatic N) is 9. The largest absolute Gasteiger partial charge is 0.508 e. The average Bonchev–Trinajstić information content (AvgIpc) is 4.22. The van der Waals surface area contributed by atoms with Crippen LogP contribution in [0.15, 0.2) is 82.8 Å². The number of aromatic nitrogens is 4. The van der Waals surface area contributed by atoms with Crippen LogP contribution < -0.4 is 19.9 Å². The molecule has 0 bridgehead atoms. The summed E-state index contributed by atoms with van der Waals surface area (Å²) in [6, 6.07) is 20.6. The zero-order chi connectivity index (χ0) is 56.8. The molecule has 3 aromatic heterocycles. The Kier molecular flexibility index (Phi) is 18.1. The number of thiazole rings is 1. The minimum Gasteiger partial charge on any atom is -0.508 e. The summed E-state index contributed by atoms with van der Waals surface area (Å²) in [5.41, 5.74) is 5.14. The van der Waals surface area contributed by atoms with E-state index in [4.69, 9.17) is 35.6 Å². The van der Waals surface area contributed by atoms with Gasteiger partial charge in [0, 0.05) is 116 Å². The number of nitrogens with one attached hydrogen (secondary N) is 1. The number of β-amino-alcohol motifs (C(OH)–C–C–N with tert-alkyl or cyclic N) is 1. The van der Waals surface area contributed by atoms with Crippen molar-refractivity contribution in [2.45, 2.75) is 71.6 Å². The number of phenolic OH excluding ortho intramolecular Hbond substituents is 1. The summed E-state index contributed by atoms with van der Waals surface area (Å²) in [4.78, 5) is 76.9. The highest BCUT2D eigenvalue weighted by molar-refractivity contribution is 7.13. The number of phenols is 1. The molecule has 0 unspecified atom stereocenters. The van der Waals surface area contributed by atoms with Crippen LogP contribution in [0.4, 0.5) is 16.2 Å². The van der Waals surface area contributed by atoms with Gasteiger partial charge in [-0.3, -0.25) is 19.2 Å². The number of rotatable bonds is 21. The predicted molar refractivity (Wildman–Crippen MR) is 304 cm³/mol. The van der Waals surface area contributed by atoms with Gasteiger partial charge in [0.1, 0.15) is 29.0 Å². The number of ether oxygens (including phenoxy) is 2. The van der Waals surface area contributed by atoms with E-state index in [-0.39, 0.29) is 128 Å². The second-order valence-electron chi connectivity index (χ2n) is 20.7. The Morgan fingerprint density at radius 1 is 0.963 bits per heavy atom. The van der Waals surface area contributed by atoms with Crippen LogP contribution in [0.5, 0.6) is 11.6 Å². The molecule has 2 saturated heterocycles. The molecule has 0 radical (unpaired) electrons. The monoisotopic (exact) mass is 1130 g/mol. The number of hydrogen-bond acceptors (Lipinski definition) is 16. The number of aliphatic hydroxyl groups is 1. The first-order valence-electron chi connectivity index (χ1n) is 26.8. The summed E-state index contributed by atoms with van der Waals surface area (Å²) in [5, 5.41) is 30.3. The van der Waals surface area contributed by atoms with E-state index in [9.17, 15) is 29.4 Å². The standard InChI is InChI=1S/C58H66ClFN10O9S/c1-34(2)50(57(76)70-32-41(73)28-46(70)56(75)61-31-37-12-14-38(15-13-37)54-35(3)62-33-80-54)47-30-48(65-79-47)78-24-9-23-77-25-22-69(17-16-49(74)66(5)6)58-63-53-44(55(64-58)68-20-18-67(19-21-68)36(4)71)29-45(59)51(52(53)60)43-27-40(72)26-39-10-7-8-11-42(39)43/h7-8,10-15,26-27,29-30,33-34,41,46,50,72-73H,9,16-25,28,31-32H2,1-6H3,(H,61,75)/t41-,46+,50-/m1/s1. The van der Waals surface area contributed by atoms with E-state index < -0.39 is 23.9 Å². The maximum atomic E-state index is 17.4. The molecule has 80 heavy (non-hydrogen) atoms. The lowest BCUT2D eigenvalue weighted by atomic mass is 9.91. The van der Waals surface area contributed by atoms with Gasteiger partial charge >= 0.3 is 0 Å². The fourth-order valence-electron chi connectivity index (χ4n) is 10.3. The number of carbonyl (C=O) groups is 4. The average molecular weight is 1130 g/mol. The molecular formula is C58H66ClFN10O9S. The number of hydrogen-bond donors (Lipinski definition) is 3. The van der Waals surface area contributed by atoms with Gasteiger partial charge in [-0.2, -0.15) is 4.98 Å². The summed E-state index contributed by atoms with van der Waals surface area (Å²) in [5.74, 6) is -1.73. The molecule has 19 nitrogen and oxygen atoms in total. The number of carbonyl (C=O) groups excluding carboxylic acids is 4. The minimum absolute atomic E-state index is 0.00237. The van der Waals surface area contributed by atoms with Crippen LogP contribution >= 0.6 is 22.9 Å². The third-order valence-electron chi connectivity index (χ3n) is 14.6. The van der Waals surface area contributed by atoms with Crippen molar-refractivity contribution in [3.05, 3.63) is 106 Å². The second kappa shape index (κ2) is 25.3. The molecule has 0 aliphatic carbocycles. The molecule has 5 heterocycles. The Bertz CT molecular complexity index is 3370. The molecule has 3 N–H and O–H groups in total. The van der Waals surface area contributed by atoms with Crippen LogP contribution in [-0.4, -0.2) is 161 Å². The minimum atomic E-state index is -0.878. The molecule has 0 saturated carbocycles. The summed E-state index contributed by atoms with van der Waals surface area (Å²) >= 11 is 8.55. The molecule has 22 heteroatoms. The Labute approximate surface area is 472 Å². The molecule has 0 spiro atoms. The number of amides is 4. The number of aromatic hydroxyl groups is 1. The maximum absolute atomic E-state index is 17.4. The third-order valence-corrected chi connectivity index (χ3v) is 15.9. The lowest BCUT2D eigenvalue weighted by Gasteiger charge is -2.36. The number of likely N-dealkylation sites (tertiary alicyclic amines) is 1. The van der Waals surface area contributed by atoms with E-state index >= 15 is 4.39 Å². The number of benzene rings is 4. The van der Waals surface area contributed by atoms with Crippen molar-refractivity contribution in [2.24, 2.45) is 5.92 Å². The Hall–Kier alpha value is -7.46. The number of piperazine rings is 1. The lowest BCUT2D eigenvalue weighted by molar-refractivity contribution is -0.141. The summed E-state index contributed by atoms with van der Waals surface area (Å²) < 4.78 is 35.2. The summed E-state index contributed by atoms with van der Waals surface area (Å²) in [7, 11) is 3.34. The predicted octanol–water partition coefficient (Wildman–Crippen LogP) is 7.82. The van der Waals surface area contributed by atoms with Crippen molar-refractivity contribution in [3.8, 4) is 33.2 Å². The second-order valence-corrected chi connectivity index (χ2v) is 22.0. The first-order chi connectivity index (χ1) is 38.4. The number of aliphatic hydroxyl groups excluding tert-OH is 1. The summed E-state index contributed by atoms with van der Waals surface area (Å²) in [6.45, 7) is 10.2. The highest BCUT2D eigenvalue weighted by Gasteiger charge is 2.43. The molecule has 2 aliphatic heterocycles. The molecule has 2 aliphatic rings. The van der Waals surface area contributed by atoms with E-state index in [1.807, 2.05) is 79.7 Å². The van der Waals surface area contributed by atoms with E-state index in [0.717, 1.165) is 21.7 Å². The van der Waals surface area contributed by atoms with Crippen molar-refractivity contribution in [1.82, 2.24) is 40.1 Å². The Balaban J connectivity index is 0.850. The van der Waals surface area contributed by atoms with Gasteiger partial charge in [-0.1, -0.05) is 74.0 Å². The topological polar surface area (TPSA) is 220 Å². The van der Waals surface area contributed by atoms with E-state index in [0.29, 0.717) is 60.1 Å². The zero-order valence-corrected chi connectivity index (χ0v) is 47.2. The van der Waals surface area contributed by atoms with Crippen LogP contribution in [0.1, 0.15) is 63.0 Å².